The van der Waals surface area contributed by atoms with Crippen LogP contribution < -0.4 is 5.73 Å². The Balaban J connectivity index is 2.15. The zero-order valence-electron chi connectivity index (χ0n) is 13.0. The van der Waals surface area contributed by atoms with Crippen molar-refractivity contribution < 1.29 is 8.42 Å². The van der Waals surface area contributed by atoms with E-state index in [9.17, 15) is 8.42 Å². The Labute approximate surface area is 127 Å². The molecule has 1 aliphatic heterocycles. The maximum absolute atomic E-state index is 12.2. The molecule has 0 saturated carbocycles. The van der Waals surface area contributed by atoms with Gasteiger partial charge >= 0.3 is 0 Å². The number of likely N-dealkylation sites (tertiary alicyclic amines) is 1. The zero-order valence-corrected chi connectivity index (χ0v) is 13.8. The molecule has 0 radical (unpaired) electrons. The van der Waals surface area contributed by atoms with Gasteiger partial charge in [-0.05, 0) is 37.5 Å². The highest BCUT2D eigenvalue weighted by atomic mass is 32.2. The van der Waals surface area contributed by atoms with E-state index in [0.29, 0.717) is 10.9 Å². The lowest BCUT2D eigenvalue weighted by atomic mass is 9.98. The van der Waals surface area contributed by atoms with E-state index in [4.69, 9.17) is 5.73 Å². The third-order valence-electron chi connectivity index (χ3n) is 4.12. The molecule has 1 heterocycles. The Morgan fingerprint density at radius 3 is 2.71 bits per heavy atom. The second-order valence-electron chi connectivity index (χ2n) is 6.04. The van der Waals surface area contributed by atoms with Gasteiger partial charge in [-0.3, -0.25) is 4.90 Å². The Bertz CT molecular complexity index is 586. The molecule has 21 heavy (non-hydrogen) atoms. The molecule has 0 amide bonds. The van der Waals surface area contributed by atoms with Crippen molar-refractivity contribution >= 4 is 10.0 Å². The van der Waals surface area contributed by atoms with Gasteiger partial charge in [-0.1, -0.05) is 12.1 Å². The third-order valence-corrected chi connectivity index (χ3v) is 5.93. The van der Waals surface area contributed by atoms with Crippen molar-refractivity contribution in [2.75, 3.05) is 20.6 Å². The molecule has 0 bridgehead atoms. The maximum atomic E-state index is 12.2. The van der Waals surface area contributed by atoms with Gasteiger partial charge in [0.05, 0.1) is 4.90 Å². The second kappa shape index (κ2) is 6.44. The van der Waals surface area contributed by atoms with E-state index >= 15 is 0 Å². The topological polar surface area (TPSA) is 66.6 Å². The summed E-state index contributed by atoms with van der Waals surface area (Å²) in [5.74, 6) is 0. The van der Waals surface area contributed by atoms with Crippen molar-refractivity contribution in [3.8, 4) is 0 Å². The van der Waals surface area contributed by atoms with Crippen LogP contribution in [0.4, 0.5) is 0 Å². The summed E-state index contributed by atoms with van der Waals surface area (Å²) in [4.78, 5) is 2.72. The van der Waals surface area contributed by atoms with E-state index < -0.39 is 10.0 Å². The predicted octanol–water partition coefficient (Wildman–Crippen LogP) is 1.25. The first-order chi connectivity index (χ1) is 9.80. The fourth-order valence-corrected chi connectivity index (χ4v) is 3.71. The number of hydrogen-bond acceptors (Lipinski definition) is 4. The molecule has 2 rings (SSSR count). The average molecular weight is 311 g/mol. The molecule has 1 aromatic carbocycles. The summed E-state index contributed by atoms with van der Waals surface area (Å²) in [5.41, 5.74) is 7.01. The predicted molar refractivity (Wildman–Crippen MR) is 84.4 cm³/mol. The lowest BCUT2D eigenvalue weighted by molar-refractivity contribution is 0.140. The highest BCUT2D eigenvalue weighted by Crippen LogP contribution is 2.21. The van der Waals surface area contributed by atoms with Crippen LogP contribution in [0.25, 0.3) is 0 Å². The first kappa shape index (κ1) is 16.4. The number of hydrogen-bond donors (Lipinski definition) is 1. The summed E-state index contributed by atoms with van der Waals surface area (Å²) < 4.78 is 25.6. The minimum Gasteiger partial charge on any atom is -0.328 e. The van der Waals surface area contributed by atoms with Crippen molar-refractivity contribution in [1.82, 2.24) is 9.21 Å². The van der Waals surface area contributed by atoms with Crippen molar-refractivity contribution in [2.24, 2.45) is 5.73 Å². The van der Waals surface area contributed by atoms with Crippen molar-refractivity contribution in [2.45, 2.75) is 43.3 Å². The smallest absolute Gasteiger partial charge is 0.242 e. The van der Waals surface area contributed by atoms with Crippen LogP contribution in [0.3, 0.4) is 0 Å². The monoisotopic (exact) mass is 311 g/mol. The molecule has 6 heteroatoms. The molecule has 0 aromatic heterocycles. The first-order valence-electron chi connectivity index (χ1n) is 7.32. The van der Waals surface area contributed by atoms with Crippen LogP contribution in [0.2, 0.25) is 0 Å². The van der Waals surface area contributed by atoms with Crippen molar-refractivity contribution in [1.29, 1.82) is 0 Å². The van der Waals surface area contributed by atoms with Gasteiger partial charge in [0.25, 0.3) is 0 Å². The molecule has 1 aromatic rings. The number of nitrogens with two attached hydrogens (primary N) is 1. The zero-order chi connectivity index (χ0) is 15.6. The molecule has 2 unspecified atom stereocenters. The normalized spacial score (nSPS) is 24.4. The molecular weight excluding hydrogens is 286 g/mol. The van der Waals surface area contributed by atoms with Crippen LogP contribution in [0.1, 0.15) is 25.3 Å². The molecular formula is C15H25N3O2S. The fourth-order valence-electron chi connectivity index (χ4n) is 2.74. The van der Waals surface area contributed by atoms with Crippen molar-refractivity contribution in [3.63, 3.8) is 0 Å². The second-order valence-corrected chi connectivity index (χ2v) is 8.19. The molecule has 2 N–H and O–H groups in total. The standard InChI is InChI=1S/C15H25N3O2S/c1-12-9-14(16)7-8-18(12)11-13-5-4-6-15(10-13)21(19,20)17(2)3/h4-6,10,12,14H,7-9,11,16H2,1-3H3. The number of nitrogens with zero attached hydrogens (tertiary/aromatic N) is 2. The third kappa shape index (κ3) is 3.83. The van der Waals surface area contributed by atoms with Gasteiger partial charge in [0.2, 0.25) is 10.0 Å². The SMILES string of the molecule is CC1CC(N)CCN1Cc1cccc(S(=O)(=O)N(C)C)c1. The average Bonchev–Trinajstić information content (AvgIpc) is 2.42. The fraction of sp³-hybridized carbons (Fsp3) is 0.600. The Hall–Kier alpha value is -0.950. The molecule has 1 saturated heterocycles. The number of rotatable bonds is 4. The number of sulfonamides is 1. The molecule has 1 aliphatic rings. The minimum atomic E-state index is -3.37. The van der Waals surface area contributed by atoms with Gasteiger partial charge in [0, 0.05) is 39.3 Å². The van der Waals surface area contributed by atoms with E-state index in [1.807, 2.05) is 12.1 Å². The Morgan fingerprint density at radius 2 is 2.10 bits per heavy atom. The summed E-state index contributed by atoms with van der Waals surface area (Å²) in [6, 6.07) is 7.94. The lowest BCUT2D eigenvalue weighted by Gasteiger charge is -2.36. The Kier molecular flexibility index (Phi) is 5.03. The van der Waals surface area contributed by atoms with E-state index in [1.165, 1.54) is 4.31 Å². The van der Waals surface area contributed by atoms with Gasteiger partial charge in [-0.15, -0.1) is 0 Å². The van der Waals surface area contributed by atoms with Gasteiger partial charge in [-0.25, -0.2) is 12.7 Å². The van der Waals surface area contributed by atoms with Crippen LogP contribution in [-0.2, 0) is 16.6 Å². The first-order valence-corrected chi connectivity index (χ1v) is 8.76. The van der Waals surface area contributed by atoms with E-state index in [2.05, 4.69) is 11.8 Å². The maximum Gasteiger partial charge on any atom is 0.242 e. The van der Waals surface area contributed by atoms with Gasteiger partial charge in [-0.2, -0.15) is 0 Å². The quantitative estimate of drug-likeness (QED) is 0.909. The number of benzene rings is 1. The summed E-state index contributed by atoms with van der Waals surface area (Å²) in [6.45, 7) is 3.91. The van der Waals surface area contributed by atoms with Crippen molar-refractivity contribution in [3.05, 3.63) is 29.8 Å². The van der Waals surface area contributed by atoms with Crippen LogP contribution >= 0.6 is 0 Å². The lowest BCUT2D eigenvalue weighted by Crippen LogP contribution is -2.44. The molecule has 5 nitrogen and oxygen atoms in total. The summed E-state index contributed by atoms with van der Waals surface area (Å²) >= 11 is 0. The highest BCUT2D eigenvalue weighted by molar-refractivity contribution is 7.89. The molecule has 0 aliphatic carbocycles. The van der Waals surface area contributed by atoms with Gasteiger partial charge in [0.1, 0.15) is 0 Å². The molecule has 118 valence electrons. The number of piperidine rings is 1. The van der Waals surface area contributed by atoms with Gasteiger partial charge in [0.15, 0.2) is 0 Å². The minimum absolute atomic E-state index is 0.289. The van der Waals surface area contributed by atoms with E-state index in [1.54, 1.807) is 26.2 Å². The molecule has 1 fully saturated rings. The summed E-state index contributed by atoms with van der Waals surface area (Å²) in [5, 5.41) is 0. The summed E-state index contributed by atoms with van der Waals surface area (Å²) in [7, 11) is -0.264. The summed E-state index contributed by atoms with van der Waals surface area (Å²) in [6.07, 6.45) is 2.00. The van der Waals surface area contributed by atoms with E-state index in [-0.39, 0.29) is 6.04 Å². The largest absolute Gasteiger partial charge is 0.328 e. The van der Waals surface area contributed by atoms with E-state index in [0.717, 1.165) is 31.5 Å². The molecule has 2 atom stereocenters. The Morgan fingerprint density at radius 1 is 1.38 bits per heavy atom. The van der Waals surface area contributed by atoms with Crippen LogP contribution in [0.15, 0.2) is 29.2 Å². The van der Waals surface area contributed by atoms with Crippen LogP contribution in [0.5, 0.6) is 0 Å². The van der Waals surface area contributed by atoms with Crippen LogP contribution in [0, 0.1) is 0 Å². The van der Waals surface area contributed by atoms with Gasteiger partial charge < -0.3 is 5.73 Å². The highest BCUT2D eigenvalue weighted by Gasteiger charge is 2.23. The van der Waals surface area contributed by atoms with Crippen LogP contribution in [-0.4, -0.2) is 50.3 Å². The molecule has 0 spiro atoms.